The number of rotatable bonds is 2. The lowest BCUT2D eigenvalue weighted by atomic mass is 9.28. The molecule has 4 aromatic carbocycles. The standard InChI is InChI=1S/C41H44B2/c1-24-18-27(4)37(28(5)19-24)42-34-16-12-10-14-32(34)36-39(33-15-11-13-17-35(33)42)43(38-29(6)20-25(2)21-30(38)7)40-31(8)22-26(3)23-41(36,40)9/h10-23,36,39-40H,1-9H3/q-1/t36-,39?,40?,41-/m0/s1. The molecule has 2 aliphatic heterocycles. The predicted octanol–water partition coefficient (Wildman–Crippen LogP) is 7.47. The van der Waals surface area contributed by atoms with Gasteiger partial charge in [0.05, 0.1) is 0 Å². The lowest BCUT2D eigenvalue weighted by Crippen LogP contribution is -2.56. The molecule has 215 valence electrons. The molecule has 3 aliphatic rings. The molecule has 4 atom stereocenters. The van der Waals surface area contributed by atoms with E-state index in [-0.39, 0.29) is 12.1 Å². The minimum atomic E-state index is -0.00249. The van der Waals surface area contributed by atoms with Gasteiger partial charge in [0.15, 0.2) is 0 Å². The summed E-state index contributed by atoms with van der Waals surface area (Å²) in [7, 11) is 0. The maximum absolute atomic E-state index is 2.66. The summed E-state index contributed by atoms with van der Waals surface area (Å²) < 4.78 is 0. The molecule has 2 heterocycles. The molecule has 1 fully saturated rings. The fourth-order valence-corrected chi connectivity index (χ4v) is 10.5. The first-order valence-electron chi connectivity index (χ1n) is 16.2. The van der Waals surface area contributed by atoms with Crippen molar-refractivity contribution >= 4 is 35.3 Å². The smallest absolute Gasteiger partial charge is 0.237 e. The average molecular weight is 558 g/mol. The van der Waals surface area contributed by atoms with Crippen LogP contribution < -0.4 is 21.9 Å². The molecular weight excluding hydrogens is 514 g/mol. The van der Waals surface area contributed by atoms with Gasteiger partial charge in [0, 0.05) is 0 Å². The van der Waals surface area contributed by atoms with Gasteiger partial charge in [0.2, 0.25) is 6.71 Å². The van der Waals surface area contributed by atoms with Crippen molar-refractivity contribution in [2.75, 3.05) is 0 Å². The van der Waals surface area contributed by atoms with E-state index in [1.807, 2.05) is 0 Å². The second kappa shape index (κ2) is 10.0. The van der Waals surface area contributed by atoms with Crippen molar-refractivity contribution in [1.29, 1.82) is 0 Å². The lowest BCUT2D eigenvalue weighted by molar-refractivity contribution is 0.351. The Morgan fingerprint density at radius 3 is 1.77 bits per heavy atom. The number of fused-ring (bicyclic) bond motifs is 7. The molecule has 7 rings (SSSR count). The second-order valence-electron chi connectivity index (χ2n) is 14.5. The van der Waals surface area contributed by atoms with Crippen LogP contribution in [0.25, 0.3) is 0 Å². The Morgan fingerprint density at radius 1 is 0.651 bits per heavy atom. The quantitative estimate of drug-likeness (QED) is 0.224. The van der Waals surface area contributed by atoms with Crippen LogP contribution in [0.3, 0.4) is 0 Å². The van der Waals surface area contributed by atoms with E-state index in [1.54, 1.807) is 16.6 Å². The predicted molar refractivity (Wildman–Crippen MR) is 189 cm³/mol. The molecule has 1 radical (unpaired) electrons. The lowest BCUT2D eigenvalue weighted by Gasteiger charge is -2.47. The Bertz CT molecular complexity index is 1810. The monoisotopic (exact) mass is 558 g/mol. The van der Waals surface area contributed by atoms with E-state index in [4.69, 9.17) is 0 Å². The topological polar surface area (TPSA) is 0 Å². The molecule has 1 saturated heterocycles. The van der Waals surface area contributed by atoms with Crippen LogP contribution >= 0.6 is 0 Å². The van der Waals surface area contributed by atoms with Gasteiger partial charge in [-0.15, -0.1) is 5.57 Å². The molecule has 1 aliphatic carbocycles. The van der Waals surface area contributed by atoms with E-state index in [0.717, 1.165) is 0 Å². The zero-order valence-corrected chi connectivity index (χ0v) is 27.5. The molecule has 0 spiro atoms. The summed E-state index contributed by atoms with van der Waals surface area (Å²) in [6.07, 6.45) is 5.13. The SMILES string of the molecule is CC1=C[C@]2(C)C([B-](c3c(C)cc(C)cc3C)C3c4ccccc4B(c4c(C)cc(C)cc4C)c4ccccc4[C@@H]32)C(C)=C1. The van der Waals surface area contributed by atoms with Crippen LogP contribution in [0.1, 0.15) is 77.0 Å². The largest absolute Gasteiger partial charge is 0.242 e. The highest BCUT2D eigenvalue weighted by atomic mass is 14.5. The number of aryl methyl sites for hydroxylation is 6. The summed E-state index contributed by atoms with van der Waals surface area (Å²) in [5.41, 5.74) is 20.5. The second-order valence-corrected chi connectivity index (χ2v) is 14.5. The number of benzene rings is 4. The molecule has 43 heavy (non-hydrogen) atoms. The van der Waals surface area contributed by atoms with Gasteiger partial charge in [0.25, 0.3) is 0 Å². The van der Waals surface area contributed by atoms with E-state index >= 15 is 0 Å². The summed E-state index contributed by atoms with van der Waals surface area (Å²) in [5, 5.41) is 0. The van der Waals surface area contributed by atoms with Crippen molar-refractivity contribution in [1.82, 2.24) is 0 Å². The minimum Gasteiger partial charge on any atom is -0.237 e. The van der Waals surface area contributed by atoms with Crippen molar-refractivity contribution in [2.24, 2.45) is 5.41 Å². The number of hydrogen-bond acceptors (Lipinski definition) is 0. The summed E-state index contributed by atoms with van der Waals surface area (Å²) in [5.74, 6) is 1.18. The van der Waals surface area contributed by atoms with Crippen LogP contribution in [-0.2, 0) is 0 Å². The van der Waals surface area contributed by atoms with E-state index < -0.39 is 0 Å². The highest BCUT2D eigenvalue weighted by Gasteiger charge is 2.54. The summed E-state index contributed by atoms with van der Waals surface area (Å²) in [4.78, 5) is 0. The summed E-state index contributed by atoms with van der Waals surface area (Å²) in [6.45, 7) is 21.8. The Labute approximate surface area is 260 Å². The highest BCUT2D eigenvalue weighted by molar-refractivity contribution is 6.97. The van der Waals surface area contributed by atoms with Gasteiger partial charge in [-0.3, -0.25) is 0 Å². The Morgan fingerprint density at radius 2 is 1.16 bits per heavy atom. The van der Waals surface area contributed by atoms with Crippen molar-refractivity contribution < 1.29 is 0 Å². The van der Waals surface area contributed by atoms with E-state index in [0.29, 0.717) is 24.3 Å². The van der Waals surface area contributed by atoms with Gasteiger partial charge in [-0.25, -0.2) is 5.46 Å². The minimum absolute atomic E-state index is 0.00249. The van der Waals surface area contributed by atoms with Gasteiger partial charge in [-0.05, 0) is 66.7 Å². The molecule has 2 unspecified atom stereocenters. The van der Waals surface area contributed by atoms with E-state index in [1.165, 1.54) is 60.9 Å². The zero-order valence-electron chi connectivity index (χ0n) is 27.5. The van der Waals surface area contributed by atoms with Crippen molar-refractivity contribution in [3.63, 3.8) is 0 Å². The van der Waals surface area contributed by atoms with Crippen LogP contribution in [0.4, 0.5) is 0 Å². The molecule has 0 N–H and O–H groups in total. The summed E-state index contributed by atoms with van der Waals surface area (Å²) >= 11 is 0. The fraction of sp³-hybridized carbons (Fsp3) is 0.317. The normalized spacial score (nSPS) is 24.4. The molecular formula is C41H44B2-. The Balaban J connectivity index is 1.62. The molecule has 2 heteroatoms. The average Bonchev–Trinajstić information content (AvgIpc) is 3.10. The Kier molecular flexibility index (Phi) is 6.59. The first-order valence-corrected chi connectivity index (χ1v) is 16.2. The third-order valence-corrected chi connectivity index (χ3v) is 11.3. The fourth-order valence-electron chi connectivity index (χ4n) is 10.5. The number of hydrogen-bond donors (Lipinski definition) is 0. The van der Waals surface area contributed by atoms with Crippen molar-refractivity contribution in [2.45, 2.75) is 79.9 Å². The maximum atomic E-state index is 2.66. The van der Waals surface area contributed by atoms with Crippen LogP contribution in [0, 0.1) is 47.0 Å². The van der Waals surface area contributed by atoms with Crippen LogP contribution in [0.15, 0.2) is 96.1 Å². The molecule has 0 nitrogen and oxygen atoms in total. The molecule has 0 saturated carbocycles. The van der Waals surface area contributed by atoms with Gasteiger partial charge in [-0.1, -0.05) is 165 Å². The number of allylic oxidation sites excluding steroid dienone is 4. The van der Waals surface area contributed by atoms with E-state index in [9.17, 15) is 0 Å². The van der Waals surface area contributed by atoms with Gasteiger partial charge < -0.3 is 0 Å². The van der Waals surface area contributed by atoms with Gasteiger partial charge >= 0.3 is 0 Å². The van der Waals surface area contributed by atoms with Crippen molar-refractivity contribution in [3.05, 3.63) is 141 Å². The van der Waals surface area contributed by atoms with Gasteiger partial charge in [0.1, 0.15) is 0 Å². The van der Waals surface area contributed by atoms with E-state index in [2.05, 4.69) is 147 Å². The van der Waals surface area contributed by atoms with Gasteiger partial charge in [-0.2, -0.15) is 11.6 Å². The first-order chi connectivity index (χ1) is 20.5. The molecule has 0 aromatic heterocycles. The van der Waals surface area contributed by atoms with Crippen LogP contribution in [-0.4, -0.2) is 13.4 Å². The Hall–Kier alpha value is -3.51. The maximum Gasteiger partial charge on any atom is 0.242 e. The summed E-state index contributed by atoms with van der Waals surface area (Å²) in [6, 6.07) is 28.7. The van der Waals surface area contributed by atoms with Crippen LogP contribution in [0.2, 0.25) is 5.82 Å². The van der Waals surface area contributed by atoms with Crippen molar-refractivity contribution in [3.8, 4) is 0 Å². The first kappa shape index (κ1) is 28.3. The third-order valence-electron chi connectivity index (χ3n) is 11.3. The highest BCUT2D eigenvalue weighted by Crippen LogP contribution is 2.66. The molecule has 0 amide bonds. The molecule has 4 aromatic rings. The zero-order chi connectivity index (χ0) is 30.4. The van der Waals surface area contributed by atoms with Crippen LogP contribution in [0.5, 0.6) is 0 Å². The third kappa shape index (κ3) is 4.12. The molecule has 0 bridgehead atoms.